The number of nitrogens with one attached hydrogen (secondary N) is 1. The van der Waals surface area contributed by atoms with Gasteiger partial charge in [0.15, 0.2) is 6.23 Å². The molecule has 0 bridgehead atoms. The minimum absolute atomic E-state index is 0.0964. The maximum Gasteiger partial charge on any atom is 0.351 e. The van der Waals surface area contributed by atoms with E-state index in [-0.39, 0.29) is 24.9 Å². The summed E-state index contributed by atoms with van der Waals surface area (Å²) in [6, 6.07) is 1.69. The molecule has 2 saturated heterocycles. The molecule has 0 aliphatic carbocycles. The number of ether oxygens (including phenoxy) is 2. The van der Waals surface area contributed by atoms with E-state index in [1.165, 1.54) is 4.57 Å². The molecule has 92 valence electrons. The van der Waals surface area contributed by atoms with Crippen molar-refractivity contribution >= 4 is 5.82 Å². The second-order valence-electron chi connectivity index (χ2n) is 4.07. The Kier molecular flexibility index (Phi) is 2.39. The molecule has 7 heteroatoms. The number of aliphatic hydroxyl groups excluding tert-OH is 1. The SMILES string of the molecule is CNc1ccn([C@@H]2O[C@H](CO)[C@H]3OC23)c(=O)n1. The molecule has 2 aliphatic rings. The summed E-state index contributed by atoms with van der Waals surface area (Å²) < 4.78 is 12.3. The standard InChI is InChI=1S/C10H13N3O4/c1-11-6-2-3-13(10(15)12-6)9-8-7(17-8)5(4-14)16-9/h2-3,5,7-9,14H,4H2,1H3,(H,11,12,15)/t5-,7-,8?,9-/m1/s1. The van der Waals surface area contributed by atoms with E-state index >= 15 is 0 Å². The van der Waals surface area contributed by atoms with Crippen LogP contribution in [-0.2, 0) is 9.47 Å². The second kappa shape index (κ2) is 3.80. The van der Waals surface area contributed by atoms with Crippen molar-refractivity contribution < 1.29 is 14.6 Å². The number of rotatable bonds is 3. The van der Waals surface area contributed by atoms with Gasteiger partial charge in [0.05, 0.1) is 6.61 Å². The number of aromatic nitrogens is 2. The summed E-state index contributed by atoms with van der Waals surface area (Å²) in [4.78, 5) is 15.6. The summed E-state index contributed by atoms with van der Waals surface area (Å²) in [5.41, 5.74) is -0.394. The molecule has 0 saturated carbocycles. The predicted molar refractivity (Wildman–Crippen MR) is 57.7 cm³/mol. The summed E-state index contributed by atoms with van der Waals surface area (Å²) in [5, 5.41) is 11.9. The fraction of sp³-hybridized carbons (Fsp3) is 0.600. The fourth-order valence-corrected chi connectivity index (χ4v) is 2.12. The number of epoxide rings is 1. The van der Waals surface area contributed by atoms with Crippen LogP contribution in [0.5, 0.6) is 0 Å². The van der Waals surface area contributed by atoms with Gasteiger partial charge in [-0.15, -0.1) is 0 Å². The van der Waals surface area contributed by atoms with Crippen LogP contribution in [-0.4, -0.2) is 46.6 Å². The number of aliphatic hydroxyl groups is 1. The average Bonchev–Trinajstić information content (AvgIpc) is 3.05. The highest BCUT2D eigenvalue weighted by molar-refractivity contribution is 5.30. The van der Waals surface area contributed by atoms with Gasteiger partial charge in [-0.25, -0.2) is 4.79 Å². The third kappa shape index (κ3) is 1.63. The van der Waals surface area contributed by atoms with Gasteiger partial charge >= 0.3 is 5.69 Å². The lowest BCUT2D eigenvalue weighted by molar-refractivity contribution is -0.0855. The van der Waals surface area contributed by atoms with E-state index in [1.807, 2.05) is 0 Å². The maximum atomic E-state index is 11.8. The Bertz CT molecular complexity index is 489. The van der Waals surface area contributed by atoms with E-state index in [0.717, 1.165) is 0 Å². The minimum Gasteiger partial charge on any atom is -0.394 e. The molecule has 2 N–H and O–H groups in total. The van der Waals surface area contributed by atoms with Crippen molar-refractivity contribution in [2.24, 2.45) is 0 Å². The van der Waals surface area contributed by atoms with E-state index < -0.39 is 11.9 Å². The molecule has 0 amide bonds. The van der Waals surface area contributed by atoms with Gasteiger partial charge < -0.3 is 19.9 Å². The van der Waals surface area contributed by atoms with E-state index in [4.69, 9.17) is 14.6 Å². The van der Waals surface area contributed by atoms with Gasteiger partial charge in [0.25, 0.3) is 0 Å². The molecule has 17 heavy (non-hydrogen) atoms. The molecule has 1 aromatic rings. The van der Waals surface area contributed by atoms with Gasteiger partial charge in [-0.05, 0) is 6.07 Å². The van der Waals surface area contributed by atoms with Gasteiger partial charge in [0.1, 0.15) is 24.1 Å². The Morgan fingerprint density at radius 2 is 2.35 bits per heavy atom. The lowest BCUT2D eigenvalue weighted by Gasteiger charge is -2.17. The van der Waals surface area contributed by atoms with E-state index in [9.17, 15) is 4.79 Å². The molecular formula is C10H13N3O4. The zero-order valence-corrected chi connectivity index (χ0v) is 9.24. The van der Waals surface area contributed by atoms with Gasteiger partial charge in [-0.2, -0.15) is 4.98 Å². The summed E-state index contributed by atoms with van der Waals surface area (Å²) in [6.45, 7) is -0.103. The Hall–Kier alpha value is -1.44. The zero-order valence-electron chi connectivity index (χ0n) is 9.24. The van der Waals surface area contributed by atoms with Crippen molar-refractivity contribution in [1.82, 2.24) is 9.55 Å². The average molecular weight is 239 g/mol. The van der Waals surface area contributed by atoms with Crippen molar-refractivity contribution in [3.8, 4) is 0 Å². The predicted octanol–water partition coefficient (Wildman–Crippen LogP) is -1.06. The molecule has 1 aromatic heterocycles. The molecule has 0 radical (unpaired) electrons. The molecule has 0 spiro atoms. The number of anilines is 1. The smallest absolute Gasteiger partial charge is 0.351 e. The second-order valence-corrected chi connectivity index (χ2v) is 4.07. The first-order valence-electron chi connectivity index (χ1n) is 5.43. The third-order valence-corrected chi connectivity index (χ3v) is 3.06. The molecule has 1 unspecified atom stereocenters. The van der Waals surface area contributed by atoms with Crippen LogP contribution < -0.4 is 11.0 Å². The summed E-state index contributed by atoms with van der Waals surface area (Å²) in [6.07, 6.45) is 0.543. The Balaban J connectivity index is 1.88. The van der Waals surface area contributed by atoms with Crippen LogP contribution in [0.1, 0.15) is 6.23 Å². The van der Waals surface area contributed by atoms with Crippen LogP contribution in [0.2, 0.25) is 0 Å². The Morgan fingerprint density at radius 1 is 1.53 bits per heavy atom. The molecule has 3 rings (SSSR count). The highest BCUT2D eigenvalue weighted by atomic mass is 16.7. The van der Waals surface area contributed by atoms with Crippen LogP contribution in [0.15, 0.2) is 17.1 Å². The van der Waals surface area contributed by atoms with E-state index in [2.05, 4.69) is 10.3 Å². The first-order valence-corrected chi connectivity index (χ1v) is 5.43. The lowest BCUT2D eigenvalue weighted by Crippen LogP contribution is -2.31. The van der Waals surface area contributed by atoms with Gasteiger partial charge in [-0.1, -0.05) is 0 Å². The van der Waals surface area contributed by atoms with Crippen molar-refractivity contribution in [3.05, 3.63) is 22.7 Å². The number of hydrogen-bond donors (Lipinski definition) is 2. The number of nitrogens with zero attached hydrogens (tertiary/aromatic N) is 2. The molecule has 3 heterocycles. The first kappa shape index (κ1) is 10.7. The molecule has 0 aromatic carbocycles. The molecular weight excluding hydrogens is 226 g/mol. The molecule has 4 atom stereocenters. The van der Waals surface area contributed by atoms with Gasteiger partial charge in [0.2, 0.25) is 0 Å². The lowest BCUT2D eigenvalue weighted by atomic mass is 10.2. The van der Waals surface area contributed by atoms with E-state index in [1.54, 1.807) is 19.3 Å². The zero-order chi connectivity index (χ0) is 12.0. The maximum absolute atomic E-state index is 11.8. The summed E-state index contributed by atoms with van der Waals surface area (Å²) in [7, 11) is 1.69. The number of fused-ring (bicyclic) bond motifs is 1. The van der Waals surface area contributed by atoms with Crippen molar-refractivity contribution in [2.75, 3.05) is 19.0 Å². The van der Waals surface area contributed by atoms with E-state index in [0.29, 0.717) is 5.82 Å². The molecule has 2 aliphatic heterocycles. The summed E-state index contributed by atoms with van der Waals surface area (Å²) >= 11 is 0. The first-order chi connectivity index (χ1) is 8.24. The molecule has 7 nitrogen and oxygen atoms in total. The minimum atomic E-state index is -0.483. The summed E-state index contributed by atoms with van der Waals surface area (Å²) in [5.74, 6) is 0.510. The van der Waals surface area contributed by atoms with Crippen LogP contribution in [0.3, 0.4) is 0 Å². The topological polar surface area (TPSA) is 88.9 Å². The van der Waals surface area contributed by atoms with Gasteiger partial charge in [-0.3, -0.25) is 4.57 Å². The molecule has 2 fully saturated rings. The normalized spacial score (nSPS) is 34.5. The monoisotopic (exact) mass is 239 g/mol. The fourth-order valence-electron chi connectivity index (χ4n) is 2.12. The van der Waals surface area contributed by atoms with Crippen LogP contribution >= 0.6 is 0 Å². The number of hydrogen-bond acceptors (Lipinski definition) is 6. The Morgan fingerprint density at radius 3 is 2.94 bits per heavy atom. The van der Waals surface area contributed by atoms with Crippen molar-refractivity contribution in [2.45, 2.75) is 24.5 Å². The van der Waals surface area contributed by atoms with Crippen molar-refractivity contribution in [3.63, 3.8) is 0 Å². The van der Waals surface area contributed by atoms with Gasteiger partial charge in [0, 0.05) is 13.2 Å². The highest BCUT2D eigenvalue weighted by Gasteiger charge is 2.58. The van der Waals surface area contributed by atoms with Crippen molar-refractivity contribution in [1.29, 1.82) is 0 Å². The van der Waals surface area contributed by atoms with Crippen LogP contribution in [0.25, 0.3) is 0 Å². The third-order valence-electron chi connectivity index (χ3n) is 3.06. The van der Waals surface area contributed by atoms with Crippen LogP contribution in [0, 0.1) is 0 Å². The highest BCUT2D eigenvalue weighted by Crippen LogP contribution is 2.44. The Labute approximate surface area is 97.0 Å². The van der Waals surface area contributed by atoms with Crippen LogP contribution in [0.4, 0.5) is 5.82 Å². The quantitative estimate of drug-likeness (QED) is 0.654. The largest absolute Gasteiger partial charge is 0.394 e.